The molecule has 2 atom stereocenters. The second kappa shape index (κ2) is 4.73. The van der Waals surface area contributed by atoms with Crippen molar-refractivity contribution in [2.75, 3.05) is 13.4 Å². The number of rotatable bonds is 3. The van der Waals surface area contributed by atoms with Crippen molar-refractivity contribution in [1.82, 2.24) is 0 Å². The zero-order valence-corrected chi connectivity index (χ0v) is 13.5. The van der Waals surface area contributed by atoms with Crippen LogP contribution in [0, 0.1) is 0 Å². The van der Waals surface area contributed by atoms with Gasteiger partial charge < -0.3 is 19.6 Å². The highest BCUT2D eigenvalue weighted by molar-refractivity contribution is 6.74. The third-order valence-electron chi connectivity index (χ3n) is 4.51. The van der Waals surface area contributed by atoms with Gasteiger partial charge in [0.1, 0.15) is 5.76 Å². The number of fused-ring (bicyclic) bond motifs is 1. The van der Waals surface area contributed by atoms with E-state index in [4.69, 9.17) is 19.6 Å². The molecule has 0 saturated carbocycles. The average Bonchev–Trinajstić information content (AvgIpc) is 2.71. The number of ether oxygens (including phenoxy) is 2. The molecular weight excluding hydrogens is 258 g/mol. The lowest BCUT2D eigenvalue weighted by atomic mass is 9.89. The normalized spacial score (nSPS) is 30.8. The second-order valence-corrected chi connectivity index (χ2v) is 11.6. The molecule has 0 aromatic heterocycles. The van der Waals surface area contributed by atoms with Crippen molar-refractivity contribution in [3.8, 4) is 0 Å². The molecule has 1 heterocycles. The van der Waals surface area contributed by atoms with Crippen molar-refractivity contribution in [3.63, 3.8) is 0 Å². The summed E-state index contributed by atoms with van der Waals surface area (Å²) in [5, 5.41) is 0.168. The fourth-order valence-corrected chi connectivity index (χ4v) is 2.98. The van der Waals surface area contributed by atoms with Gasteiger partial charge in [0.15, 0.2) is 20.7 Å². The van der Waals surface area contributed by atoms with Gasteiger partial charge >= 0.3 is 0 Å². The molecule has 0 aromatic carbocycles. The van der Waals surface area contributed by atoms with Gasteiger partial charge in [0.2, 0.25) is 0 Å². The molecule has 2 N–H and O–H groups in total. The molecule has 19 heavy (non-hydrogen) atoms. The van der Waals surface area contributed by atoms with Crippen molar-refractivity contribution < 1.29 is 13.9 Å². The van der Waals surface area contributed by atoms with Crippen LogP contribution >= 0.6 is 0 Å². The first-order valence-electron chi connectivity index (χ1n) is 6.74. The molecule has 0 spiro atoms. The van der Waals surface area contributed by atoms with E-state index in [1.54, 1.807) is 0 Å². The SMILES string of the molecule is CC(C)(C)[Si](C)(C)OCC12OCOC1=CC=CC2N. The standard InChI is InChI=1S/C14H25NO3Si/c1-13(2,3)19(4,5)18-9-14-11(15)7-6-8-12(14)16-10-17-14/h6-8,11H,9-10,15H2,1-5H3. The van der Waals surface area contributed by atoms with E-state index in [9.17, 15) is 0 Å². The Balaban J connectivity index is 2.14. The van der Waals surface area contributed by atoms with Gasteiger partial charge in [-0.2, -0.15) is 0 Å². The maximum absolute atomic E-state index is 6.29. The van der Waals surface area contributed by atoms with Gasteiger partial charge in [0.25, 0.3) is 0 Å². The van der Waals surface area contributed by atoms with Gasteiger partial charge in [0, 0.05) is 0 Å². The second-order valence-electron chi connectivity index (χ2n) is 6.79. The van der Waals surface area contributed by atoms with E-state index < -0.39 is 13.9 Å². The molecule has 5 heteroatoms. The Bertz CT molecular complexity index is 411. The summed E-state index contributed by atoms with van der Waals surface area (Å²) in [5.41, 5.74) is 5.56. The summed E-state index contributed by atoms with van der Waals surface area (Å²) >= 11 is 0. The highest BCUT2D eigenvalue weighted by Gasteiger charge is 2.50. The predicted octanol–water partition coefficient (Wildman–Crippen LogP) is 2.53. The number of allylic oxidation sites excluding steroid dienone is 2. The smallest absolute Gasteiger partial charge is 0.192 e. The van der Waals surface area contributed by atoms with Crippen LogP contribution in [0.25, 0.3) is 0 Å². The molecule has 4 nitrogen and oxygen atoms in total. The molecule has 0 bridgehead atoms. The number of hydrogen-bond donors (Lipinski definition) is 1. The molecule has 0 aromatic rings. The van der Waals surface area contributed by atoms with E-state index in [1.807, 2.05) is 18.2 Å². The quantitative estimate of drug-likeness (QED) is 0.809. The first kappa shape index (κ1) is 14.8. The summed E-state index contributed by atoms with van der Waals surface area (Å²) in [6.07, 6.45) is 5.78. The molecule has 0 radical (unpaired) electrons. The van der Waals surface area contributed by atoms with Crippen LogP contribution in [0.1, 0.15) is 20.8 Å². The zero-order chi connectivity index (χ0) is 14.3. The lowest BCUT2D eigenvalue weighted by molar-refractivity contribution is -0.0411. The average molecular weight is 283 g/mol. The van der Waals surface area contributed by atoms with Gasteiger partial charge in [-0.15, -0.1) is 0 Å². The number of nitrogens with two attached hydrogens (primary N) is 1. The molecule has 1 saturated heterocycles. The van der Waals surface area contributed by atoms with E-state index in [-0.39, 0.29) is 17.9 Å². The highest BCUT2D eigenvalue weighted by Crippen LogP contribution is 2.40. The molecule has 2 unspecified atom stereocenters. The van der Waals surface area contributed by atoms with Crippen molar-refractivity contribution in [2.45, 2.75) is 50.5 Å². The summed E-state index contributed by atoms with van der Waals surface area (Å²) in [7, 11) is -1.83. The Morgan fingerprint density at radius 3 is 2.79 bits per heavy atom. The van der Waals surface area contributed by atoms with Crippen LogP contribution in [0.4, 0.5) is 0 Å². The molecule has 1 aliphatic heterocycles. The van der Waals surface area contributed by atoms with Crippen LogP contribution < -0.4 is 5.73 Å². The summed E-state index contributed by atoms with van der Waals surface area (Å²) in [6.45, 7) is 11.8. The first-order chi connectivity index (χ1) is 8.69. The minimum absolute atomic E-state index is 0.168. The van der Waals surface area contributed by atoms with Gasteiger partial charge in [-0.1, -0.05) is 32.9 Å². The first-order valence-corrected chi connectivity index (χ1v) is 9.65. The lowest BCUT2D eigenvalue weighted by Crippen LogP contribution is -2.55. The van der Waals surface area contributed by atoms with Gasteiger partial charge in [-0.05, 0) is 24.2 Å². The Morgan fingerprint density at radius 1 is 1.47 bits per heavy atom. The van der Waals surface area contributed by atoms with E-state index in [1.165, 1.54) is 0 Å². The zero-order valence-electron chi connectivity index (χ0n) is 12.5. The molecule has 108 valence electrons. The molecule has 2 rings (SSSR count). The van der Waals surface area contributed by atoms with Crippen LogP contribution in [0.2, 0.25) is 18.1 Å². The summed E-state index contributed by atoms with van der Waals surface area (Å²) < 4.78 is 17.6. The fraction of sp³-hybridized carbons (Fsp3) is 0.714. The lowest BCUT2D eigenvalue weighted by Gasteiger charge is -2.40. The Hall–Kier alpha value is -0.623. The third-order valence-corrected chi connectivity index (χ3v) is 8.98. The van der Waals surface area contributed by atoms with Crippen LogP contribution in [0.3, 0.4) is 0 Å². The molecule has 0 amide bonds. The van der Waals surface area contributed by atoms with Gasteiger partial charge in [0.05, 0.1) is 12.6 Å². The van der Waals surface area contributed by atoms with Crippen molar-refractivity contribution >= 4 is 8.32 Å². The van der Waals surface area contributed by atoms with Gasteiger partial charge in [-0.3, -0.25) is 0 Å². The Morgan fingerprint density at radius 2 is 2.16 bits per heavy atom. The predicted molar refractivity (Wildman–Crippen MR) is 78.1 cm³/mol. The Kier molecular flexibility index (Phi) is 3.68. The van der Waals surface area contributed by atoms with Crippen LogP contribution in [-0.2, 0) is 13.9 Å². The highest BCUT2D eigenvalue weighted by atomic mass is 28.4. The van der Waals surface area contributed by atoms with Crippen LogP contribution in [0.5, 0.6) is 0 Å². The number of hydrogen-bond acceptors (Lipinski definition) is 4. The third kappa shape index (κ3) is 2.52. The molecule has 2 aliphatic rings. The maximum Gasteiger partial charge on any atom is 0.192 e. The summed E-state index contributed by atoms with van der Waals surface area (Å²) in [4.78, 5) is 0. The minimum Gasteiger partial charge on any atom is -0.469 e. The summed E-state index contributed by atoms with van der Waals surface area (Å²) in [5.74, 6) is 0.793. The van der Waals surface area contributed by atoms with Crippen LogP contribution in [-0.4, -0.2) is 33.4 Å². The van der Waals surface area contributed by atoms with Crippen molar-refractivity contribution in [2.24, 2.45) is 5.73 Å². The van der Waals surface area contributed by atoms with Crippen LogP contribution in [0.15, 0.2) is 24.0 Å². The van der Waals surface area contributed by atoms with E-state index in [2.05, 4.69) is 33.9 Å². The fourth-order valence-electron chi connectivity index (χ4n) is 1.97. The topological polar surface area (TPSA) is 53.7 Å². The maximum atomic E-state index is 6.29. The molecule has 1 aliphatic carbocycles. The van der Waals surface area contributed by atoms with E-state index in [0.29, 0.717) is 6.61 Å². The van der Waals surface area contributed by atoms with E-state index in [0.717, 1.165) is 5.76 Å². The van der Waals surface area contributed by atoms with E-state index >= 15 is 0 Å². The molecular formula is C14H25NO3Si. The van der Waals surface area contributed by atoms with Gasteiger partial charge in [-0.25, -0.2) is 0 Å². The van der Waals surface area contributed by atoms with Crippen molar-refractivity contribution in [3.05, 3.63) is 24.0 Å². The Labute approximate surface area is 116 Å². The summed E-state index contributed by atoms with van der Waals surface area (Å²) in [6, 6.07) is -0.222. The van der Waals surface area contributed by atoms with Crippen molar-refractivity contribution in [1.29, 1.82) is 0 Å². The minimum atomic E-state index is -1.83. The monoisotopic (exact) mass is 283 g/mol. The molecule has 1 fully saturated rings. The largest absolute Gasteiger partial charge is 0.469 e.